The van der Waals surface area contributed by atoms with Gasteiger partial charge in [-0.3, -0.25) is 4.79 Å². The molecule has 0 saturated carbocycles. The van der Waals surface area contributed by atoms with Gasteiger partial charge in [-0.25, -0.2) is 0 Å². The zero-order chi connectivity index (χ0) is 9.68. The summed E-state index contributed by atoms with van der Waals surface area (Å²) in [6, 6.07) is 4.08. The van der Waals surface area contributed by atoms with E-state index in [2.05, 4.69) is 6.07 Å². The summed E-state index contributed by atoms with van der Waals surface area (Å²) in [4.78, 5) is 14.5. The van der Waals surface area contributed by atoms with Gasteiger partial charge in [-0.2, -0.15) is 0 Å². The molecule has 0 fully saturated rings. The van der Waals surface area contributed by atoms with Crippen LogP contribution in [0.1, 0.15) is 25.1 Å². The van der Waals surface area contributed by atoms with Gasteiger partial charge < -0.3 is 4.90 Å². The SMILES string of the molecule is CCC(=O)N(CC)Cc1cccs1. The summed E-state index contributed by atoms with van der Waals surface area (Å²) in [5.41, 5.74) is 0. The Kier molecular flexibility index (Phi) is 3.96. The van der Waals surface area contributed by atoms with Crippen molar-refractivity contribution in [2.75, 3.05) is 6.54 Å². The van der Waals surface area contributed by atoms with E-state index in [1.807, 2.05) is 30.2 Å². The molecule has 0 saturated heterocycles. The molecule has 1 aromatic rings. The van der Waals surface area contributed by atoms with Gasteiger partial charge in [0.05, 0.1) is 6.54 Å². The molecule has 0 spiro atoms. The Morgan fingerprint density at radius 2 is 2.31 bits per heavy atom. The van der Waals surface area contributed by atoms with E-state index < -0.39 is 0 Å². The molecule has 0 aromatic carbocycles. The van der Waals surface area contributed by atoms with Crippen molar-refractivity contribution in [2.45, 2.75) is 26.8 Å². The average Bonchev–Trinajstić information content (AvgIpc) is 2.65. The van der Waals surface area contributed by atoms with Crippen LogP contribution in [0.4, 0.5) is 0 Å². The summed E-state index contributed by atoms with van der Waals surface area (Å²) in [5, 5.41) is 2.04. The van der Waals surface area contributed by atoms with Crippen molar-refractivity contribution in [2.24, 2.45) is 0 Å². The number of hydrogen-bond donors (Lipinski definition) is 0. The summed E-state index contributed by atoms with van der Waals surface area (Å²) >= 11 is 1.70. The molecule has 0 aliphatic carbocycles. The number of rotatable bonds is 4. The second-order valence-electron chi connectivity index (χ2n) is 2.84. The van der Waals surface area contributed by atoms with Crippen molar-refractivity contribution >= 4 is 17.2 Å². The molecule has 0 bridgehead atoms. The second kappa shape index (κ2) is 5.02. The highest BCUT2D eigenvalue weighted by Gasteiger charge is 2.09. The van der Waals surface area contributed by atoms with Crippen molar-refractivity contribution < 1.29 is 4.79 Å². The smallest absolute Gasteiger partial charge is 0.222 e. The van der Waals surface area contributed by atoms with Crippen molar-refractivity contribution in [1.29, 1.82) is 0 Å². The van der Waals surface area contributed by atoms with E-state index >= 15 is 0 Å². The first-order valence-corrected chi connectivity index (χ1v) is 5.46. The number of amides is 1. The van der Waals surface area contributed by atoms with Gasteiger partial charge in [0.2, 0.25) is 5.91 Å². The molecule has 0 aliphatic heterocycles. The van der Waals surface area contributed by atoms with Gasteiger partial charge in [0.15, 0.2) is 0 Å². The summed E-state index contributed by atoms with van der Waals surface area (Å²) < 4.78 is 0. The van der Waals surface area contributed by atoms with Crippen molar-refractivity contribution in [3.8, 4) is 0 Å². The van der Waals surface area contributed by atoms with E-state index in [-0.39, 0.29) is 5.91 Å². The topological polar surface area (TPSA) is 20.3 Å². The Balaban J connectivity index is 2.54. The van der Waals surface area contributed by atoms with Gasteiger partial charge in [-0.1, -0.05) is 13.0 Å². The van der Waals surface area contributed by atoms with Crippen LogP contribution >= 0.6 is 11.3 Å². The zero-order valence-corrected chi connectivity index (χ0v) is 8.93. The van der Waals surface area contributed by atoms with Crippen LogP contribution in [0.15, 0.2) is 17.5 Å². The van der Waals surface area contributed by atoms with Gasteiger partial charge in [0.25, 0.3) is 0 Å². The van der Waals surface area contributed by atoms with E-state index in [1.165, 1.54) is 4.88 Å². The van der Waals surface area contributed by atoms with Crippen LogP contribution in [0.2, 0.25) is 0 Å². The first kappa shape index (κ1) is 10.3. The van der Waals surface area contributed by atoms with Crippen molar-refractivity contribution in [3.05, 3.63) is 22.4 Å². The number of carbonyl (C=O) groups is 1. The third-order valence-corrected chi connectivity index (χ3v) is 2.82. The first-order chi connectivity index (χ1) is 6.27. The highest BCUT2D eigenvalue weighted by atomic mass is 32.1. The minimum absolute atomic E-state index is 0.232. The lowest BCUT2D eigenvalue weighted by atomic mass is 10.3. The Hall–Kier alpha value is -0.830. The lowest BCUT2D eigenvalue weighted by molar-refractivity contribution is -0.131. The molecule has 0 aliphatic rings. The van der Waals surface area contributed by atoms with Gasteiger partial charge in [-0.15, -0.1) is 11.3 Å². The summed E-state index contributed by atoms with van der Waals surface area (Å²) in [6.07, 6.45) is 0.596. The van der Waals surface area contributed by atoms with Crippen LogP contribution in [0.25, 0.3) is 0 Å². The molecule has 2 nitrogen and oxygen atoms in total. The van der Waals surface area contributed by atoms with Gasteiger partial charge in [0, 0.05) is 17.8 Å². The minimum Gasteiger partial charge on any atom is -0.338 e. The Labute approximate surface area is 83.2 Å². The lowest BCUT2D eigenvalue weighted by Crippen LogP contribution is -2.29. The van der Waals surface area contributed by atoms with Crippen molar-refractivity contribution in [3.63, 3.8) is 0 Å². The van der Waals surface area contributed by atoms with Gasteiger partial charge in [-0.05, 0) is 18.4 Å². The predicted octanol–water partition coefficient (Wildman–Crippen LogP) is 2.51. The molecule has 1 amide bonds. The summed E-state index contributed by atoms with van der Waals surface area (Å²) in [5.74, 6) is 0.232. The monoisotopic (exact) mass is 197 g/mol. The van der Waals surface area contributed by atoms with Gasteiger partial charge in [0.1, 0.15) is 0 Å². The molecule has 1 aromatic heterocycles. The number of nitrogens with zero attached hydrogens (tertiary/aromatic N) is 1. The predicted molar refractivity (Wildman–Crippen MR) is 55.7 cm³/mol. The summed E-state index contributed by atoms with van der Waals surface area (Å²) in [6.45, 7) is 5.48. The van der Waals surface area contributed by atoms with E-state index in [4.69, 9.17) is 0 Å². The second-order valence-corrected chi connectivity index (χ2v) is 3.87. The highest BCUT2D eigenvalue weighted by Crippen LogP contribution is 2.12. The number of carbonyl (C=O) groups excluding carboxylic acids is 1. The quantitative estimate of drug-likeness (QED) is 0.726. The highest BCUT2D eigenvalue weighted by molar-refractivity contribution is 7.09. The molecular weight excluding hydrogens is 182 g/mol. The van der Waals surface area contributed by atoms with Crippen LogP contribution in [-0.4, -0.2) is 17.4 Å². The fraction of sp³-hybridized carbons (Fsp3) is 0.500. The largest absolute Gasteiger partial charge is 0.338 e. The van der Waals surface area contributed by atoms with E-state index in [9.17, 15) is 4.79 Å². The molecule has 0 unspecified atom stereocenters. The average molecular weight is 197 g/mol. The third kappa shape index (κ3) is 2.84. The standard InChI is InChI=1S/C10H15NOS/c1-3-10(12)11(4-2)8-9-6-5-7-13-9/h5-7H,3-4,8H2,1-2H3. The molecule has 1 rings (SSSR count). The van der Waals surface area contributed by atoms with Crippen LogP contribution < -0.4 is 0 Å². The number of hydrogen-bond acceptors (Lipinski definition) is 2. The van der Waals surface area contributed by atoms with Crippen LogP contribution in [-0.2, 0) is 11.3 Å². The van der Waals surface area contributed by atoms with E-state index in [0.29, 0.717) is 6.42 Å². The van der Waals surface area contributed by atoms with E-state index in [0.717, 1.165) is 13.1 Å². The number of thiophene rings is 1. The maximum absolute atomic E-state index is 11.4. The fourth-order valence-corrected chi connectivity index (χ4v) is 1.91. The minimum atomic E-state index is 0.232. The first-order valence-electron chi connectivity index (χ1n) is 4.58. The zero-order valence-electron chi connectivity index (χ0n) is 8.12. The molecule has 13 heavy (non-hydrogen) atoms. The van der Waals surface area contributed by atoms with E-state index in [1.54, 1.807) is 11.3 Å². The normalized spacial score (nSPS) is 10.0. The van der Waals surface area contributed by atoms with Crippen LogP contribution in [0.3, 0.4) is 0 Å². The Bertz CT molecular complexity index is 256. The lowest BCUT2D eigenvalue weighted by Gasteiger charge is -2.18. The summed E-state index contributed by atoms with van der Waals surface area (Å²) in [7, 11) is 0. The molecule has 3 heteroatoms. The molecular formula is C10H15NOS. The van der Waals surface area contributed by atoms with Crippen LogP contribution in [0.5, 0.6) is 0 Å². The maximum Gasteiger partial charge on any atom is 0.222 e. The fourth-order valence-electron chi connectivity index (χ4n) is 1.19. The Morgan fingerprint density at radius 1 is 1.54 bits per heavy atom. The third-order valence-electron chi connectivity index (χ3n) is 1.96. The molecule has 72 valence electrons. The molecule has 0 atom stereocenters. The van der Waals surface area contributed by atoms with Crippen LogP contribution in [0, 0.1) is 0 Å². The van der Waals surface area contributed by atoms with Gasteiger partial charge >= 0.3 is 0 Å². The molecule has 0 N–H and O–H groups in total. The molecule has 0 radical (unpaired) electrons. The van der Waals surface area contributed by atoms with Crippen molar-refractivity contribution in [1.82, 2.24) is 4.90 Å². The Morgan fingerprint density at radius 3 is 2.77 bits per heavy atom. The molecule has 1 heterocycles. The maximum atomic E-state index is 11.4.